The minimum absolute atomic E-state index is 0.0288. The van der Waals surface area contributed by atoms with E-state index in [0.29, 0.717) is 25.9 Å². The van der Waals surface area contributed by atoms with Crippen molar-refractivity contribution in [2.24, 2.45) is 5.41 Å². The molecule has 122 valence electrons. The van der Waals surface area contributed by atoms with Crippen molar-refractivity contribution in [2.45, 2.75) is 31.7 Å². The number of hydrogen-bond acceptors (Lipinski definition) is 3. The van der Waals surface area contributed by atoms with Gasteiger partial charge in [0.25, 0.3) is 0 Å². The zero-order valence-corrected chi connectivity index (χ0v) is 12.8. The smallest absolute Gasteiger partial charge is 0.310 e. The molecule has 3 rings (SSSR count). The van der Waals surface area contributed by atoms with Gasteiger partial charge >= 0.3 is 5.97 Å². The second-order valence-corrected chi connectivity index (χ2v) is 6.31. The van der Waals surface area contributed by atoms with Crippen LogP contribution in [0.2, 0.25) is 0 Å². The summed E-state index contributed by atoms with van der Waals surface area (Å²) in [6, 6.07) is 8.45. The number of amides is 2. The molecule has 1 saturated heterocycles. The van der Waals surface area contributed by atoms with Crippen LogP contribution in [0.15, 0.2) is 30.3 Å². The Kier molecular flexibility index (Phi) is 4.07. The molecule has 1 heterocycles. The van der Waals surface area contributed by atoms with Crippen LogP contribution in [0.3, 0.4) is 0 Å². The summed E-state index contributed by atoms with van der Waals surface area (Å²) in [6.45, 7) is 0.799. The van der Waals surface area contributed by atoms with E-state index in [0.717, 1.165) is 12.0 Å². The zero-order valence-electron chi connectivity index (χ0n) is 12.8. The van der Waals surface area contributed by atoms with Gasteiger partial charge in [-0.3, -0.25) is 14.4 Å². The minimum Gasteiger partial charge on any atom is -0.481 e. The monoisotopic (exact) mass is 316 g/mol. The standard InChI is InChI=1S/C17H20N2O4/c20-13(11-17(16(22)23)7-4-8-17)19-10-9-18-15(21)14(19)12-5-2-1-3-6-12/h1-3,5-6,14H,4,7-11H2,(H,18,21)(H,22,23). The van der Waals surface area contributed by atoms with E-state index in [1.54, 1.807) is 0 Å². The molecule has 6 nitrogen and oxygen atoms in total. The Balaban J connectivity index is 1.82. The molecule has 1 saturated carbocycles. The van der Waals surface area contributed by atoms with Crippen LogP contribution in [0.25, 0.3) is 0 Å². The molecule has 2 aliphatic rings. The number of carbonyl (C=O) groups is 3. The Morgan fingerprint density at radius 2 is 1.96 bits per heavy atom. The molecule has 0 radical (unpaired) electrons. The van der Waals surface area contributed by atoms with Crippen LogP contribution in [0.1, 0.15) is 37.3 Å². The molecule has 1 aliphatic carbocycles. The first kappa shape index (κ1) is 15.5. The first-order chi connectivity index (χ1) is 11.0. The van der Waals surface area contributed by atoms with E-state index in [4.69, 9.17) is 0 Å². The van der Waals surface area contributed by atoms with E-state index in [2.05, 4.69) is 5.32 Å². The average Bonchev–Trinajstić information content (AvgIpc) is 2.51. The molecule has 1 unspecified atom stereocenters. The lowest BCUT2D eigenvalue weighted by atomic mass is 9.66. The predicted octanol–water partition coefficient (Wildman–Crippen LogP) is 1.33. The number of piperazine rings is 1. The Labute approximate surface area is 134 Å². The lowest BCUT2D eigenvalue weighted by Gasteiger charge is -2.41. The summed E-state index contributed by atoms with van der Waals surface area (Å²) in [5.74, 6) is -1.38. The lowest BCUT2D eigenvalue weighted by Crippen LogP contribution is -2.54. The van der Waals surface area contributed by atoms with Gasteiger partial charge in [-0.05, 0) is 18.4 Å². The summed E-state index contributed by atoms with van der Waals surface area (Å²) in [5.41, 5.74) is -0.192. The quantitative estimate of drug-likeness (QED) is 0.877. The number of nitrogens with zero attached hydrogens (tertiary/aromatic N) is 1. The Morgan fingerprint density at radius 1 is 1.26 bits per heavy atom. The predicted molar refractivity (Wildman–Crippen MR) is 82.4 cm³/mol. The summed E-state index contributed by atoms with van der Waals surface area (Å²) in [7, 11) is 0. The van der Waals surface area contributed by atoms with Crippen molar-refractivity contribution in [3.05, 3.63) is 35.9 Å². The van der Waals surface area contributed by atoms with Crippen LogP contribution in [0.4, 0.5) is 0 Å². The summed E-state index contributed by atoms with van der Waals surface area (Å²) in [4.78, 5) is 38.0. The number of aliphatic carboxylic acids is 1. The van der Waals surface area contributed by atoms with Crippen LogP contribution in [-0.2, 0) is 14.4 Å². The van der Waals surface area contributed by atoms with Crippen LogP contribution in [0, 0.1) is 5.41 Å². The highest BCUT2D eigenvalue weighted by Gasteiger charge is 2.48. The highest BCUT2D eigenvalue weighted by molar-refractivity contribution is 5.92. The van der Waals surface area contributed by atoms with E-state index >= 15 is 0 Å². The fraction of sp³-hybridized carbons (Fsp3) is 0.471. The minimum atomic E-state index is -0.938. The van der Waals surface area contributed by atoms with Gasteiger partial charge in [-0.1, -0.05) is 36.8 Å². The maximum Gasteiger partial charge on any atom is 0.310 e. The van der Waals surface area contributed by atoms with E-state index in [9.17, 15) is 19.5 Å². The topological polar surface area (TPSA) is 86.7 Å². The Bertz CT molecular complexity index is 625. The second-order valence-electron chi connectivity index (χ2n) is 6.31. The molecule has 1 atom stereocenters. The Morgan fingerprint density at radius 3 is 2.52 bits per heavy atom. The van der Waals surface area contributed by atoms with Crippen molar-refractivity contribution in [1.82, 2.24) is 10.2 Å². The second kappa shape index (κ2) is 6.02. The largest absolute Gasteiger partial charge is 0.481 e. The summed E-state index contributed by atoms with van der Waals surface area (Å²) in [5, 5.41) is 12.2. The molecular formula is C17H20N2O4. The average molecular weight is 316 g/mol. The number of rotatable bonds is 4. The van der Waals surface area contributed by atoms with Crippen LogP contribution in [0.5, 0.6) is 0 Å². The molecule has 23 heavy (non-hydrogen) atoms. The molecule has 2 fully saturated rings. The van der Waals surface area contributed by atoms with Crippen molar-refractivity contribution >= 4 is 17.8 Å². The van der Waals surface area contributed by atoms with Crippen molar-refractivity contribution in [3.63, 3.8) is 0 Å². The number of carboxylic acids is 1. The van der Waals surface area contributed by atoms with Gasteiger partial charge in [0, 0.05) is 19.5 Å². The van der Waals surface area contributed by atoms with E-state index < -0.39 is 17.4 Å². The molecule has 1 aliphatic heterocycles. The number of benzene rings is 1. The third kappa shape index (κ3) is 2.81. The van der Waals surface area contributed by atoms with E-state index in [1.807, 2.05) is 30.3 Å². The molecule has 0 aromatic heterocycles. The lowest BCUT2D eigenvalue weighted by molar-refractivity contribution is -0.161. The third-order valence-corrected chi connectivity index (χ3v) is 4.90. The normalized spacial score (nSPS) is 22.9. The van der Waals surface area contributed by atoms with Gasteiger partial charge < -0.3 is 15.3 Å². The fourth-order valence-corrected chi connectivity index (χ4v) is 3.36. The first-order valence-electron chi connectivity index (χ1n) is 7.89. The molecule has 1 aromatic rings. The van der Waals surface area contributed by atoms with Crippen LogP contribution < -0.4 is 5.32 Å². The first-order valence-corrected chi connectivity index (χ1v) is 7.89. The third-order valence-electron chi connectivity index (χ3n) is 4.90. The number of hydrogen-bond donors (Lipinski definition) is 2. The number of carboxylic acid groups (broad SMARTS) is 1. The van der Waals surface area contributed by atoms with E-state index in [-0.39, 0.29) is 18.2 Å². The Hall–Kier alpha value is -2.37. The maximum absolute atomic E-state index is 12.7. The maximum atomic E-state index is 12.7. The molecule has 0 bridgehead atoms. The highest BCUT2D eigenvalue weighted by atomic mass is 16.4. The molecular weight excluding hydrogens is 296 g/mol. The molecule has 0 spiro atoms. The summed E-state index contributed by atoms with van der Waals surface area (Å²) >= 11 is 0. The van der Waals surface area contributed by atoms with Gasteiger partial charge in [-0.2, -0.15) is 0 Å². The van der Waals surface area contributed by atoms with Crippen molar-refractivity contribution < 1.29 is 19.5 Å². The fourth-order valence-electron chi connectivity index (χ4n) is 3.36. The molecule has 2 N–H and O–H groups in total. The van der Waals surface area contributed by atoms with E-state index in [1.165, 1.54) is 4.90 Å². The van der Waals surface area contributed by atoms with Crippen LogP contribution >= 0.6 is 0 Å². The van der Waals surface area contributed by atoms with Gasteiger partial charge in [0.05, 0.1) is 5.41 Å². The number of carbonyl (C=O) groups excluding carboxylic acids is 2. The molecule has 2 amide bonds. The molecule has 6 heteroatoms. The zero-order chi connectivity index (χ0) is 16.4. The van der Waals surface area contributed by atoms with Crippen molar-refractivity contribution in [3.8, 4) is 0 Å². The summed E-state index contributed by atoms with van der Waals surface area (Å²) in [6.07, 6.45) is 1.87. The van der Waals surface area contributed by atoms with Crippen LogP contribution in [-0.4, -0.2) is 40.9 Å². The van der Waals surface area contributed by atoms with Crippen molar-refractivity contribution in [2.75, 3.05) is 13.1 Å². The SMILES string of the molecule is O=C1NCCN(C(=O)CC2(C(=O)O)CCC2)C1c1ccccc1. The van der Waals surface area contributed by atoms with Gasteiger partial charge in [-0.25, -0.2) is 0 Å². The van der Waals surface area contributed by atoms with Gasteiger partial charge in [0.15, 0.2) is 0 Å². The highest BCUT2D eigenvalue weighted by Crippen LogP contribution is 2.45. The van der Waals surface area contributed by atoms with Gasteiger partial charge in [0.2, 0.25) is 11.8 Å². The number of nitrogens with one attached hydrogen (secondary N) is 1. The molecule has 1 aromatic carbocycles. The summed E-state index contributed by atoms with van der Waals surface area (Å²) < 4.78 is 0. The van der Waals surface area contributed by atoms with Gasteiger partial charge in [-0.15, -0.1) is 0 Å². The van der Waals surface area contributed by atoms with Crippen molar-refractivity contribution in [1.29, 1.82) is 0 Å². The van der Waals surface area contributed by atoms with Gasteiger partial charge in [0.1, 0.15) is 6.04 Å².